The molecule has 1 amide bonds. The van der Waals surface area contributed by atoms with Gasteiger partial charge in [0.25, 0.3) is 0 Å². The summed E-state index contributed by atoms with van der Waals surface area (Å²) in [6.45, 7) is 2.57. The van der Waals surface area contributed by atoms with Gasteiger partial charge in [0.05, 0.1) is 5.41 Å². The second kappa shape index (κ2) is 6.53. The highest BCUT2D eigenvalue weighted by molar-refractivity contribution is 5.83. The number of rotatable bonds is 5. The van der Waals surface area contributed by atoms with Crippen molar-refractivity contribution in [2.45, 2.75) is 44.9 Å². The van der Waals surface area contributed by atoms with E-state index in [1.807, 2.05) is 0 Å². The predicted molar refractivity (Wildman–Crippen MR) is 71.1 cm³/mol. The standard InChI is InChI=1S/C14H26N2O2/c15-11-14(6-9-18-10-7-14)13(17)16-8-5-12-3-1-2-4-12/h12H,1-11,15H2,(H,16,17). The molecule has 104 valence electrons. The van der Waals surface area contributed by atoms with Crippen LogP contribution in [0.1, 0.15) is 44.9 Å². The van der Waals surface area contributed by atoms with Crippen LogP contribution in [0.5, 0.6) is 0 Å². The lowest BCUT2D eigenvalue weighted by Gasteiger charge is -2.34. The number of amides is 1. The van der Waals surface area contributed by atoms with Crippen molar-refractivity contribution in [1.29, 1.82) is 0 Å². The molecule has 1 aliphatic heterocycles. The molecule has 0 atom stereocenters. The van der Waals surface area contributed by atoms with E-state index in [-0.39, 0.29) is 11.3 Å². The Labute approximate surface area is 110 Å². The molecule has 2 aliphatic rings. The first-order chi connectivity index (χ1) is 8.77. The fourth-order valence-electron chi connectivity index (χ4n) is 3.16. The predicted octanol–water partition coefficient (Wildman–Crippen LogP) is 1.44. The van der Waals surface area contributed by atoms with Gasteiger partial charge in [-0.15, -0.1) is 0 Å². The minimum absolute atomic E-state index is 0.145. The summed E-state index contributed by atoms with van der Waals surface area (Å²) in [5.74, 6) is 0.972. The van der Waals surface area contributed by atoms with Gasteiger partial charge >= 0.3 is 0 Å². The van der Waals surface area contributed by atoms with Gasteiger partial charge < -0.3 is 15.8 Å². The van der Waals surface area contributed by atoms with Crippen molar-refractivity contribution in [2.75, 3.05) is 26.3 Å². The molecule has 0 unspecified atom stereocenters. The van der Waals surface area contributed by atoms with Gasteiger partial charge in [0.1, 0.15) is 0 Å². The number of ether oxygens (including phenoxy) is 1. The molecule has 1 saturated heterocycles. The second-order valence-electron chi connectivity index (χ2n) is 5.79. The Balaban J connectivity index is 1.74. The van der Waals surface area contributed by atoms with Crippen LogP contribution < -0.4 is 11.1 Å². The van der Waals surface area contributed by atoms with Gasteiger partial charge in [-0.25, -0.2) is 0 Å². The van der Waals surface area contributed by atoms with Gasteiger partial charge in [-0.05, 0) is 25.2 Å². The highest BCUT2D eigenvalue weighted by atomic mass is 16.5. The van der Waals surface area contributed by atoms with Crippen LogP contribution in [-0.2, 0) is 9.53 Å². The third-order valence-corrected chi connectivity index (χ3v) is 4.64. The van der Waals surface area contributed by atoms with Crippen molar-refractivity contribution >= 4 is 5.91 Å². The molecule has 18 heavy (non-hydrogen) atoms. The normalized spacial score (nSPS) is 24.1. The zero-order valence-corrected chi connectivity index (χ0v) is 11.2. The second-order valence-corrected chi connectivity index (χ2v) is 5.79. The van der Waals surface area contributed by atoms with Crippen LogP contribution in [0.4, 0.5) is 0 Å². The molecular weight excluding hydrogens is 228 g/mol. The third-order valence-electron chi connectivity index (χ3n) is 4.64. The summed E-state index contributed by atoms with van der Waals surface area (Å²) >= 11 is 0. The van der Waals surface area contributed by atoms with Crippen LogP contribution >= 0.6 is 0 Å². The van der Waals surface area contributed by atoms with Crippen LogP contribution in [0.15, 0.2) is 0 Å². The zero-order chi connectivity index (χ0) is 12.8. The molecule has 1 aliphatic carbocycles. The Morgan fingerprint density at radius 1 is 1.28 bits per heavy atom. The molecule has 0 spiro atoms. The molecule has 3 N–H and O–H groups in total. The van der Waals surface area contributed by atoms with Crippen molar-refractivity contribution in [3.63, 3.8) is 0 Å². The third kappa shape index (κ3) is 3.23. The maximum absolute atomic E-state index is 12.3. The van der Waals surface area contributed by atoms with Gasteiger partial charge in [0.15, 0.2) is 0 Å². The first-order valence-corrected chi connectivity index (χ1v) is 7.33. The Morgan fingerprint density at radius 2 is 1.94 bits per heavy atom. The van der Waals surface area contributed by atoms with E-state index in [1.54, 1.807) is 0 Å². The van der Waals surface area contributed by atoms with Crippen LogP contribution in [0.25, 0.3) is 0 Å². The smallest absolute Gasteiger partial charge is 0.227 e. The average Bonchev–Trinajstić information content (AvgIpc) is 2.92. The summed E-state index contributed by atoms with van der Waals surface area (Å²) in [6.07, 6.45) is 8.06. The molecule has 0 aromatic heterocycles. The largest absolute Gasteiger partial charge is 0.381 e. The highest BCUT2D eigenvalue weighted by Crippen LogP contribution is 2.30. The van der Waals surface area contributed by atoms with Crippen LogP contribution in [-0.4, -0.2) is 32.2 Å². The number of hydrogen-bond donors (Lipinski definition) is 2. The number of nitrogens with one attached hydrogen (secondary N) is 1. The van der Waals surface area contributed by atoms with E-state index in [2.05, 4.69) is 5.32 Å². The molecule has 0 aromatic carbocycles. The quantitative estimate of drug-likeness (QED) is 0.780. The number of carbonyl (C=O) groups excluding carboxylic acids is 1. The van der Waals surface area contributed by atoms with Gasteiger partial charge in [-0.3, -0.25) is 4.79 Å². The molecule has 0 radical (unpaired) electrons. The van der Waals surface area contributed by atoms with Crippen molar-refractivity contribution in [3.05, 3.63) is 0 Å². The van der Waals surface area contributed by atoms with E-state index in [4.69, 9.17) is 10.5 Å². The van der Waals surface area contributed by atoms with Crippen LogP contribution in [0.2, 0.25) is 0 Å². The topological polar surface area (TPSA) is 64.4 Å². The number of hydrogen-bond acceptors (Lipinski definition) is 3. The summed E-state index contributed by atoms with van der Waals surface area (Å²) in [4.78, 5) is 12.3. The van der Waals surface area contributed by atoms with E-state index in [9.17, 15) is 4.79 Å². The lowest BCUT2D eigenvalue weighted by molar-refractivity contribution is -0.135. The van der Waals surface area contributed by atoms with Crippen molar-refractivity contribution < 1.29 is 9.53 Å². The highest BCUT2D eigenvalue weighted by Gasteiger charge is 2.38. The molecule has 1 heterocycles. The van der Waals surface area contributed by atoms with Crippen LogP contribution in [0, 0.1) is 11.3 Å². The van der Waals surface area contributed by atoms with Gasteiger partial charge in [0, 0.05) is 26.3 Å². The van der Waals surface area contributed by atoms with E-state index < -0.39 is 0 Å². The minimum Gasteiger partial charge on any atom is -0.381 e. The lowest BCUT2D eigenvalue weighted by atomic mass is 9.79. The SMILES string of the molecule is NCC1(C(=O)NCCC2CCCC2)CCOCC1. The van der Waals surface area contributed by atoms with Crippen molar-refractivity contribution in [1.82, 2.24) is 5.32 Å². The summed E-state index contributed by atoms with van der Waals surface area (Å²) in [7, 11) is 0. The zero-order valence-electron chi connectivity index (χ0n) is 11.2. The summed E-state index contributed by atoms with van der Waals surface area (Å²) in [5, 5.41) is 3.10. The van der Waals surface area contributed by atoms with E-state index in [1.165, 1.54) is 25.7 Å². The van der Waals surface area contributed by atoms with E-state index in [0.29, 0.717) is 19.8 Å². The van der Waals surface area contributed by atoms with Gasteiger partial charge in [-0.1, -0.05) is 25.7 Å². The molecule has 2 fully saturated rings. The van der Waals surface area contributed by atoms with Gasteiger partial charge in [0.2, 0.25) is 5.91 Å². The minimum atomic E-state index is -0.367. The van der Waals surface area contributed by atoms with Crippen LogP contribution in [0.3, 0.4) is 0 Å². The fraction of sp³-hybridized carbons (Fsp3) is 0.929. The Kier molecular flexibility index (Phi) is 5.01. The molecule has 2 rings (SSSR count). The fourth-order valence-corrected chi connectivity index (χ4v) is 3.16. The Bertz CT molecular complexity index is 269. The lowest BCUT2D eigenvalue weighted by Crippen LogP contribution is -2.49. The molecule has 4 heteroatoms. The average molecular weight is 254 g/mol. The monoisotopic (exact) mass is 254 g/mol. The number of nitrogens with two attached hydrogens (primary N) is 1. The molecule has 0 bridgehead atoms. The Hall–Kier alpha value is -0.610. The first kappa shape index (κ1) is 13.8. The molecule has 1 saturated carbocycles. The van der Waals surface area contributed by atoms with E-state index >= 15 is 0 Å². The summed E-state index contributed by atoms with van der Waals surface area (Å²) in [6, 6.07) is 0. The maximum atomic E-state index is 12.3. The van der Waals surface area contributed by atoms with E-state index in [0.717, 1.165) is 31.7 Å². The summed E-state index contributed by atoms with van der Waals surface area (Å²) in [5.41, 5.74) is 5.45. The molecular formula is C14H26N2O2. The van der Waals surface area contributed by atoms with Crippen molar-refractivity contribution in [2.24, 2.45) is 17.1 Å². The maximum Gasteiger partial charge on any atom is 0.227 e. The number of carbonyl (C=O) groups is 1. The molecule has 0 aromatic rings. The molecule has 4 nitrogen and oxygen atoms in total. The first-order valence-electron chi connectivity index (χ1n) is 7.33. The van der Waals surface area contributed by atoms with Gasteiger partial charge in [-0.2, -0.15) is 0 Å². The van der Waals surface area contributed by atoms with Crippen molar-refractivity contribution in [3.8, 4) is 0 Å². The Morgan fingerprint density at radius 3 is 2.56 bits per heavy atom. The summed E-state index contributed by atoms with van der Waals surface area (Å²) < 4.78 is 5.33.